The molecule has 0 radical (unpaired) electrons. The third-order valence-electron chi connectivity index (χ3n) is 5.32. The number of carbonyl (C=O) groups is 1. The van der Waals surface area contributed by atoms with Crippen molar-refractivity contribution in [1.29, 1.82) is 0 Å². The van der Waals surface area contributed by atoms with Crippen molar-refractivity contribution in [2.24, 2.45) is 5.92 Å². The molecule has 0 unspecified atom stereocenters. The van der Waals surface area contributed by atoms with Crippen LogP contribution in [0.4, 0.5) is 0 Å². The fourth-order valence-electron chi connectivity index (χ4n) is 4.11. The Hall–Kier alpha value is -1.67. The summed E-state index contributed by atoms with van der Waals surface area (Å²) in [6, 6.07) is 12.6. The molecule has 1 aliphatic heterocycles. The normalized spacial score (nSPS) is 22.7. The number of piperidine rings is 1. The van der Waals surface area contributed by atoms with Gasteiger partial charge in [0.05, 0.1) is 0 Å². The van der Waals surface area contributed by atoms with Crippen LogP contribution in [0, 0.1) is 5.92 Å². The van der Waals surface area contributed by atoms with E-state index in [1.165, 1.54) is 43.3 Å². The molecule has 0 bridgehead atoms. The van der Waals surface area contributed by atoms with Crippen LogP contribution >= 0.6 is 0 Å². The first kappa shape index (κ1) is 14.0. The van der Waals surface area contributed by atoms with Gasteiger partial charge >= 0.3 is 0 Å². The Labute approximate surface area is 132 Å². The summed E-state index contributed by atoms with van der Waals surface area (Å²) in [5.74, 6) is 0.569. The minimum Gasteiger partial charge on any atom is -0.303 e. The second-order valence-electron chi connectivity index (χ2n) is 6.78. The predicted octanol–water partition coefficient (Wildman–Crippen LogP) is 4.07. The zero-order valence-corrected chi connectivity index (χ0v) is 13.1. The van der Waals surface area contributed by atoms with Crippen LogP contribution in [0.5, 0.6) is 0 Å². The first-order valence-corrected chi connectivity index (χ1v) is 8.60. The third-order valence-corrected chi connectivity index (χ3v) is 5.32. The molecule has 0 N–H and O–H groups in total. The minimum absolute atomic E-state index is 0.191. The zero-order valence-electron chi connectivity index (χ0n) is 13.1. The Kier molecular flexibility index (Phi) is 3.71. The third kappa shape index (κ3) is 2.46. The number of hydrogen-bond acceptors (Lipinski definition) is 2. The number of rotatable bonds is 2. The van der Waals surface area contributed by atoms with Gasteiger partial charge in [-0.05, 0) is 55.1 Å². The summed E-state index contributed by atoms with van der Waals surface area (Å²) in [7, 11) is 0. The molecule has 1 saturated heterocycles. The van der Waals surface area contributed by atoms with Crippen LogP contribution in [-0.2, 0) is 6.42 Å². The lowest BCUT2D eigenvalue weighted by Gasteiger charge is -2.32. The molecule has 2 aliphatic rings. The highest BCUT2D eigenvalue weighted by molar-refractivity contribution is 6.11. The van der Waals surface area contributed by atoms with Crippen LogP contribution in [0.1, 0.15) is 41.6 Å². The lowest BCUT2D eigenvalue weighted by molar-refractivity contribution is 0.0847. The lowest BCUT2D eigenvalue weighted by atomic mass is 9.80. The Morgan fingerprint density at radius 3 is 2.68 bits per heavy atom. The molecule has 0 amide bonds. The van der Waals surface area contributed by atoms with E-state index in [1.807, 2.05) is 12.1 Å². The molecule has 2 heteroatoms. The topological polar surface area (TPSA) is 20.3 Å². The molecular formula is C20H23NO. The molecule has 2 aromatic rings. The predicted molar refractivity (Wildman–Crippen MR) is 90.4 cm³/mol. The second-order valence-corrected chi connectivity index (χ2v) is 6.78. The molecular weight excluding hydrogens is 270 g/mol. The second kappa shape index (κ2) is 5.85. The highest BCUT2D eigenvalue weighted by atomic mass is 16.1. The molecule has 1 aliphatic carbocycles. The summed E-state index contributed by atoms with van der Waals surface area (Å²) < 4.78 is 0. The molecule has 2 nitrogen and oxygen atoms in total. The van der Waals surface area contributed by atoms with Crippen LogP contribution in [-0.4, -0.2) is 30.3 Å². The van der Waals surface area contributed by atoms with E-state index in [-0.39, 0.29) is 5.92 Å². The van der Waals surface area contributed by atoms with Gasteiger partial charge in [-0.15, -0.1) is 0 Å². The lowest BCUT2D eigenvalue weighted by Crippen LogP contribution is -2.38. The van der Waals surface area contributed by atoms with Crippen LogP contribution < -0.4 is 0 Å². The van der Waals surface area contributed by atoms with Gasteiger partial charge in [0.2, 0.25) is 0 Å². The fourth-order valence-corrected chi connectivity index (χ4v) is 4.11. The molecule has 1 heterocycles. The number of carbonyl (C=O) groups excluding carboxylic acids is 1. The van der Waals surface area contributed by atoms with Gasteiger partial charge in [-0.2, -0.15) is 0 Å². The van der Waals surface area contributed by atoms with E-state index in [1.54, 1.807) is 0 Å². The molecule has 114 valence electrons. The van der Waals surface area contributed by atoms with E-state index in [4.69, 9.17) is 0 Å². The van der Waals surface area contributed by atoms with Gasteiger partial charge in [-0.3, -0.25) is 4.79 Å². The fraction of sp³-hybridized carbons (Fsp3) is 0.450. The maximum Gasteiger partial charge on any atom is 0.168 e. The summed E-state index contributed by atoms with van der Waals surface area (Å²) in [6.45, 7) is 3.31. The molecule has 0 spiro atoms. The zero-order chi connectivity index (χ0) is 14.9. The molecule has 1 atom stereocenters. The van der Waals surface area contributed by atoms with Crippen LogP contribution in [0.2, 0.25) is 0 Å². The average Bonchev–Trinajstić information content (AvgIpc) is 2.58. The van der Waals surface area contributed by atoms with Gasteiger partial charge in [-0.25, -0.2) is 0 Å². The molecule has 22 heavy (non-hydrogen) atoms. The molecule has 2 aromatic carbocycles. The van der Waals surface area contributed by atoms with Crippen LogP contribution in [0.15, 0.2) is 36.4 Å². The van der Waals surface area contributed by atoms with E-state index in [0.717, 1.165) is 30.3 Å². The number of hydrogen-bond donors (Lipinski definition) is 0. The Morgan fingerprint density at radius 1 is 1.00 bits per heavy atom. The number of nitrogens with zero attached hydrogens (tertiary/aromatic N) is 1. The summed E-state index contributed by atoms with van der Waals surface area (Å²) in [6.07, 6.45) is 5.99. The number of aryl methyl sites for hydroxylation is 1. The Morgan fingerprint density at radius 2 is 1.82 bits per heavy atom. The first-order valence-electron chi connectivity index (χ1n) is 8.60. The van der Waals surface area contributed by atoms with Gasteiger partial charge in [0.15, 0.2) is 5.78 Å². The quantitative estimate of drug-likeness (QED) is 0.832. The summed E-state index contributed by atoms with van der Waals surface area (Å²) in [5.41, 5.74) is 2.25. The van der Waals surface area contributed by atoms with Gasteiger partial charge in [0.1, 0.15) is 0 Å². The molecule has 4 rings (SSSR count). The van der Waals surface area contributed by atoms with Gasteiger partial charge in [0, 0.05) is 18.0 Å². The number of likely N-dealkylation sites (tertiary alicyclic amines) is 1. The standard InChI is InChI=1S/C20H23NO/c22-20-17(14-21-12-4-1-5-13-21)11-10-16-9-8-15-6-2-3-7-18(15)19(16)20/h2-3,6-9,17H,1,4-5,10-14H2/t17-/m0/s1. The van der Waals surface area contributed by atoms with E-state index in [9.17, 15) is 4.79 Å². The summed E-state index contributed by atoms with van der Waals surface area (Å²) in [4.78, 5) is 15.6. The van der Waals surface area contributed by atoms with Crippen molar-refractivity contribution < 1.29 is 4.79 Å². The maximum absolute atomic E-state index is 13.1. The highest BCUT2D eigenvalue weighted by Gasteiger charge is 2.30. The largest absolute Gasteiger partial charge is 0.303 e. The van der Waals surface area contributed by atoms with Crippen molar-refractivity contribution in [3.8, 4) is 0 Å². The summed E-state index contributed by atoms with van der Waals surface area (Å²) >= 11 is 0. The monoisotopic (exact) mass is 293 g/mol. The number of Topliss-reactive ketones (excluding diaryl/α,β-unsaturated/α-hetero) is 1. The SMILES string of the molecule is O=C1c2c(ccc3ccccc23)CC[C@H]1CN1CCCCC1. The molecule has 0 saturated carbocycles. The van der Waals surface area contributed by atoms with E-state index >= 15 is 0 Å². The average molecular weight is 293 g/mol. The van der Waals surface area contributed by atoms with Gasteiger partial charge in [0.25, 0.3) is 0 Å². The number of fused-ring (bicyclic) bond motifs is 3. The number of benzene rings is 2. The highest BCUT2D eigenvalue weighted by Crippen LogP contribution is 2.32. The van der Waals surface area contributed by atoms with E-state index < -0.39 is 0 Å². The number of ketones is 1. The van der Waals surface area contributed by atoms with Crippen molar-refractivity contribution >= 4 is 16.6 Å². The van der Waals surface area contributed by atoms with Crippen LogP contribution in [0.3, 0.4) is 0 Å². The Balaban J connectivity index is 1.65. The Bertz CT molecular complexity index is 700. The van der Waals surface area contributed by atoms with Crippen molar-refractivity contribution in [2.75, 3.05) is 19.6 Å². The van der Waals surface area contributed by atoms with Crippen molar-refractivity contribution in [2.45, 2.75) is 32.1 Å². The van der Waals surface area contributed by atoms with Crippen molar-refractivity contribution in [3.63, 3.8) is 0 Å². The van der Waals surface area contributed by atoms with E-state index in [0.29, 0.717) is 5.78 Å². The minimum atomic E-state index is 0.191. The molecule has 0 aromatic heterocycles. The van der Waals surface area contributed by atoms with Crippen molar-refractivity contribution in [3.05, 3.63) is 47.5 Å². The molecule has 1 fully saturated rings. The first-order chi connectivity index (χ1) is 10.8. The van der Waals surface area contributed by atoms with Crippen LogP contribution in [0.25, 0.3) is 10.8 Å². The van der Waals surface area contributed by atoms with Gasteiger partial charge in [-0.1, -0.05) is 42.8 Å². The maximum atomic E-state index is 13.1. The van der Waals surface area contributed by atoms with Gasteiger partial charge < -0.3 is 4.90 Å². The smallest absolute Gasteiger partial charge is 0.168 e. The van der Waals surface area contributed by atoms with Crippen molar-refractivity contribution in [1.82, 2.24) is 4.90 Å². The summed E-state index contributed by atoms with van der Waals surface area (Å²) in [5, 5.41) is 2.33. The van der Waals surface area contributed by atoms with E-state index in [2.05, 4.69) is 29.2 Å².